The number of benzene rings is 1. The number of carbonyl (C=O) groups excluding carboxylic acids is 2. The Balaban J connectivity index is 2.61. The highest BCUT2D eigenvalue weighted by molar-refractivity contribution is 5.97. The Labute approximate surface area is 129 Å². The van der Waals surface area contributed by atoms with E-state index in [1.165, 1.54) is 0 Å². The fraction of sp³-hybridized carbons (Fsp3) is 0.438. The maximum Gasteiger partial charge on any atom is 0.305 e. The Morgan fingerprint density at radius 3 is 2.23 bits per heavy atom. The van der Waals surface area contributed by atoms with E-state index in [-0.39, 0.29) is 24.8 Å². The van der Waals surface area contributed by atoms with Gasteiger partial charge in [-0.3, -0.25) is 14.4 Å². The standard InChI is InChI=1S/C16H22N2O4/c1-4-16(2,3)15(22)18-12-7-5-11(6-8-12)14(21)17-10-9-13(19)20/h5-8H,4,9-10H2,1-3H3,(H,17,21)(H,18,22)(H,19,20). The molecule has 0 unspecified atom stereocenters. The molecule has 1 aromatic carbocycles. The second-order valence-electron chi connectivity index (χ2n) is 5.67. The van der Waals surface area contributed by atoms with E-state index in [2.05, 4.69) is 10.6 Å². The van der Waals surface area contributed by atoms with Gasteiger partial charge in [-0.1, -0.05) is 20.8 Å². The minimum Gasteiger partial charge on any atom is -0.481 e. The Morgan fingerprint density at radius 1 is 1.14 bits per heavy atom. The van der Waals surface area contributed by atoms with Gasteiger partial charge in [0.25, 0.3) is 5.91 Å². The van der Waals surface area contributed by atoms with E-state index in [9.17, 15) is 14.4 Å². The highest BCUT2D eigenvalue weighted by atomic mass is 16.4. The molecule has 0 fully saturated rings. The van der Waals surface area contributed by atoms with Crippen LogP contribution in [0.4, 0.5) is 5.69 Å². The first kappa shape index (κ1) is 17.7. The lowest BCUT2D eigenvalue weighted by Gasteiger charge is -2.21. The molecule has 0 saturated carbocycles. The van der Waals surface area contributed by atoms with Gasteiger partial charge in [-0.25, -0.2) is 0 Å². The first-order valence-electron chi connectivity index (χ1n) is 7.18. The Kier molecular flexibility index (Phi) is 6.10. The minimum atomic E-state index is -0.961. The van der Waals surface area contributed by atoms with Crippen LogP contribution >= 0.6 is 0 Å². The molecule has 6 nitrogen and oxygen atoms in total. The summed E-state index contributed by atoms with van der Waals surface area (Å²) in [5.74, 6) is -1.38. The molecule has 3 N–H and O–H groups in total. The van der Waals surface area contributed by atoms with E-state index in [0.29, 0.717) is 11.3 Å². The molecule has 0 atom stereocenters. The molecule has 0 aliphatic heterocycles. The summed E-state index contributed by atoms with van der Waals surface area (Å²) < 4.78 is 0. The van der Waals surface area contributed by atoms with Crippen LogP contribution in [0.25, 0.3) is 0 Å². The first-order chi connectivity index (χ1) is 10.3. The van der Waals surface area contributed by atoms with Crippen LogP contribution < -0.4 is 10.6 Å². The molecule has 6 heteroatoms. The van der Waals surface area contributed by atoms with Gasteiger partial charge in [-0.05, 0) is 30.7 Å². The molecule has 120 valence electrons. The number of carbonyl (C=O) groups is 3. The van der Waals surface area contributed by atoms with Crippen LogP contribution in [-0.2, 0) is 9.59 Å². The third-order valence-corrected chi connectivity index (χ3v) is 3.53. The molecular weight excluding hydrogens is 284 g/mol. The third-order valence-electron chi connectivity index (χ3n) is 3.53. The molecule has 0 heterocycles. The predicted octanol–water partition coefficient (Wildman–Crippen LogP) is 2.27. The van der Waals surface area contributed by atoms with Gasteiger partial charge in [0.05, 0.1) is 6.42 Å². The molecule has 0 bridgehead atoms. The Hall–Kier alpha value is -2.37. The quantitative estimate of drug-likeness (QED) is 0.720. The summed E-state index contributed by atoms with van der Waals surface area (Å²) in [6, 6.07) is 6.47. The van der Waals surface area contributed by atoms with Gasteiger partial charge < -0.3 is 15.7 Å². The van der Waals surface area contributed by atoms with Crippen LogP contribution in [0.2, 0.25) is 0 Å². The average molecular weight is 306 g/mol. The van der Waals surface area contributed by atoms with Crippen molar-refractivity contribution in [2.75, 3.05) is 11.9 Å². The molecule has 22 heavy (non-hydrogen) atoms. The van der Waals surface area contributed by atoms with Gasteiger partial charge in [-0.2, -0.15) is 0 Å². The van der Waals surface area contributed by atoms with Gasteiger partial charge >= 0.3 is 5.97 Å². The van der Waals surface area contributed by atoms with Crippen molar-refractivity contribution in [3.8, 4) is 0 Å². The molecule has 0 spiro atoms. The zero-order valence-electron chi connectivity index (χ0n) is 13.1. The Morgan fingerprint density at radius 2 is 1.73 bits per heavy atom. The number of carboxylic acid groups (broad SMARTS) is 1. The lowest BCUT2D eigenvalue weighted by Crippen LogP contribution is -2.30. The molecule has 1 rings (SSSR count). The van der Waals surface area contributed by atoms with E-state index < -0.39 is 11.4 Å². The average Bonchev–Trinajstić information content (AvgIpc) is 2.47. The SMILES string of the molecule is CCC(C)(C)C(=O)Nc1ccc(C(=O)NCCC(=O)O)cc1. The van der Waals surface area contributed by atoms with Crippen molar-refractivity contribution in [1.82, 2.24) is 5.32 Å². The first-order valence-corrected chi connectivity index (χ1v) is 7.18. The molecule has 1 aromatic rings. The number of hydrogen-bond donors (Lipinski definition) is 3. The van der Waals surface area contributed by atoms with Crippen LogP contribution in [0, 0.1) is 5.41 Å². The normalized spacial score (nSPS) is 10.9. The van der Waals surface area contributed by atoms with E-state index >= 15 is 0 Å². The lowest BCUT2D eigenvalue weighted by molar-refractivity contribution is -0.136. The highest BCUT2D eigenvalue weighted by Crippen LogP contribution is 2.22. The van der Waals surface area contributed by atoms with Crippen molar-refractivity contribution in [2.45, 2.75) is 33.6 Å². The fourth-order valence-corrected chi connectivity index (χ4v) is 1.55. The minimum absolute atomic E-state index is 0.0753. The van der Waals surface area contributed by atoms with Gasteiger partial charge in [0.2, 0.25) is 5.91 Å². The number of anilines is 1. The number of hydrogen-bond acceptors (Lipinski definition) is 3. The van der Waals surface area contributed by atoms with Crippen LogP contribution in [0.5, 0.6) is 0 Å². The van der Waals surface area contributed by atoms with Gasteiger partial charge in [0, 0.05) is 23.2 Å². The maximum absolute atomic E-state index is 12.0. The summed E-state index contributed by atoms with van der Waals surface area (Å²) >= 11 is 0. The molecular formula is C16H22N2O4. The molecule has 0 radical (unpaired) electrons. The summed E-state index contributed by atoms with van der Waals surface area (Å²) in [6.07, 6.45) is 0.606. The number of rotatable bonds is 7. The van der Waals surface area contributed by atoms with Crippen molar-refractivity contribution in [3.63, 3.8) is 0 Å². The molecule has 0 aliphatic carbocycles. The number of carboxylic acids is 1. The summed E-state index contributed by atoms with van der Waals surface area (Å²) in [7, 11) is 0. The fourth-order valence-electron chi connectivity index (χ4n) is 1.55. The molecule has 0 aliphatic rings. The van der Waals surface area contributed by atoms with Crippen molar-refractivity contribution in [2.24, 2.45) is 5.41 Å². The van der Waals surface area contributed by atoms with Crippen molar-refractivity contribution < 1.29 is 19.5 Å². The number of amides is 2. The van der Waals surface area contributed by atoms with Crippen LogP contribution in [0.15, 0.2) is 24.3 Å². The molecule has 0 saturated heterocycles. The van der Waals surface area contributed by atoms with Gasteiger partial charge in [0.1, 0.15) is 0 Å². The lowest BCUT2D eigenvalue weighted by atomic mass is 9.89. The van der Waals surface area contributed by atoms with Crippen molar-refractivity contribution in [3.05, 3.63) is 29.8 Å². The second-order valence-corrected chi connectivity index (χ2v) is 5.67. The monoisotopic (exact) mass is 306 g/mol. The van der Waals surface area contributed by atoms with Crippen molar-refractivity contribution in [1.29, 1.82) is 0 Å². The summed E-state index contributed by atoms with van der Waals surface area (Å²) in [6.45, 7) is 5.76. The predicted molar refractivity (Wildman–Crippen MR) is 83.7 cm³/mol. The van der Waals surface area contributed by atoms with Crippen LogP contribution in [-0.4, -0.2) is 29.4 Å². The topological polar surface area (TPSA) is 95.5 Å². The van der Waals surface area contributed by atoms with Gasteiger partial charge in [-0.15, -0.1) is 0 Å². The van der Waals surface area contributed by atoms with Crippen molar-refractivity contribution >= 4 is 23.5 Å². The van der Waals surface area contributed by atoms with Crippen LogP contribution in [0.1, 0.15) is 44.0 Å². The zero-order chi connectivity index (χ0) is 16.8. The summed E-state index contributed by atoms with van der Waals surface area (Å²) in [5, 5.41) is 13.8. The van der Waals surface area contributed by atoms with E-state index in [4.69, 9.17) is 5.11 Å². The van der Waals surface area contributed by atoms with Gasteiger partial charge in [0.15, 0.2) is 0 Å². The largest absolute Gasteiger partial charge is 0.481 e. The smallest absolute Gasteiger partial charge is 0.305 e. The number of aliphatic carboxylic acids is 1. The summed E-state index contributed by atoms with van der Waals surface area (Å²) in [5.41, 5.74) is 0.583. The third kappa shape index (κ3) is 5.20. The maximum atomic E-state index is 12.0. The van der Waals surface area contributed by atoms with E-state index in [1.54, 1.807) is 24.3 Å². The molecule has 2 amide bonds. The second kappa shape index (κ2) is 7.59. The number of nitrogens with one attached hydrogen (secondary N) is 2. The highest BCUT2D eigenvalue weighted by Gasteiger charge is 2.25. The molecule has 0 aromatic heterocycles. The van der Waals surface area contributed by atoms with Crippen LogP contribution in [0.3, 0.4) is 0 Å². The van der Waals surface area contributed by atoms with E-state index in [0.717, 1.165) is 6.42 Å². The zero-order valence-corrected chi connectivity index (χ0v) is 13.1. The Bertz CT molecular complexity index is 550. The van der Waals surface area contributed by atoms with E-state index in [1.807, 2.05) is 20.8 Å². The summed E-state index contributed by atoms with van der Waals surface area (Å²) in [4.78, 5) is 34.2.